The van der Waals surface area contributed by atoms with Gasteiger partial charge in [0.2, 0.25) is 5.91 Å². The van der Waals surface area contributed by atoms with E-state index in [1.165, 1.54) is 5.56 Å². The molecule has 150 valence electrons. The summed E-state index contributed by atoms with van der Waals surface area (Å²) in [6.45, 7) is 13.1. The predicted molar refractivity (Wildman–Crippen MR) is 113 cm³/mol. The van der Waals surface area contributed by atoms with E-state index in [9.17, 15) is 4.79 Å². The number of carbonyl (C=O) groups is 1. The Hall–Kier alpha value is -2.56. The highest BCUT2D eigenvalue weighted by Gasteiger charge is 2.44. The average molecular weight is 382 g/mol. The molecule has 4 rings (SSSR count). The molecule has 0 spiro atoms. The van der Waals surface area contributed by atoms with E-state index in [0.717, 1.165) is 40.8 Å². The number of nitrogens with zero attached hydrogens (tertiary/aromatic N) is 1. The van der Waals surface area contributed by atoms with E-state index in [1.807, 2.05) is 26.8 Å². The molecule has 0 bridgehead atoms. The van der Waals surface area contributed by atoms with Gasteiger partial charge in [-0.05, 0) is 42.0 Å². The van der Waals surface area contributed by atoms with Crippen molar-refractivity contribution in [3.8, 4) is 11.3 Å². The number of benzene rings is 1. The molecule has 28 heavy (non-hydrogen) atoms. The van der Waals surface area contributed by atoms with Crippen molar-refractivity contribution in [1.82, 2.24) is 15.5 Å². The molecule has 1 amide bonds. The number of hydrogen-bond acceptors (Lipinski definition) is 3. The molecular weight excluding hydrogens is 350 g/mol. The SMILES string of the molecule is CC.CC1(C(=O)NCc2cc3cc(-c4ccno4)c(C(C)(C)C)cc3[nH]2)CC1. The van der Waals surface area contributed by atoms with Crippen molar-refractivity contribution in [3.63, 3.8) is 0 Å². The number of aromatic nitrogens is 2. The van der Waals surface area contributed by atoms with E-state index in [0.29, 0.717) is 6.54 Å². The van der Waals surface area contributed by atoms with Gasteiger partial charge in [-0.15, -0.1) is 0 Å². The molecule has 2 aromatic heterocycles. The van der Waals surface area contributed by atoms with Crippen LogP contribution in [-0.4, -0.2) is 16.0 Å². The molecule has 1 aliphatic carbocycles. The molecule has 0 saturated heterocycles. The van der Waals surface area contributed by atoms with Gasteiger partial charge in [0.05, 0.1) is 12.7 Å². The summed E-state index contributed by atoms with van der Waals surface area (Å²) in [6, 6.07) is 8.30. The summed E-state index contributed by atoms with van der Waals surface area (Å²) in [5.41, 5.74) is 4.15. The van der Waals surface area contributed by atoms with Gasteiger partial charge in [0.1, 0.15) is 0 Å². The molecular formula is C23H31N3O2. The molecule has 1 aliphatic rings. The Kier molecular flexibility index (Phi) is 5.37. The number of fused-ring (bicyclic) bond motifs is 1. The molecule has 1 aromatic carbocycles. The van der Waals surface area contributed by atoms with E-state index in [-0.39, 0.29) is 16.7 Å². The normalized spacial score (nSPS) is 15.1. The van der Waals surface area contributed by atoms with E-state index in [4.69, 9.17) is 4.52 Å². The van der Waals surface area contributed by atoms with Crippen molar-refractivity contribution < 1.29 is 9.32 Å². The van der Waals surface area contributed by atoms with Gasteiger partial charge in [-0.2, -0.15) is 0 Å². The van der Waals surface area contributed by atoms with Crippen molar-refractivity contribution >= 4 is 16.8 Å². The number of rotatable bonds is 4. The second-order valence-corrected chi connectivity index (χ2v) is 8.65. The van der Waals surface area contributed by atoms with Gasteiger partial charge in [-0.1, -0.05) is 46.7 Å². The molecule has 2 heterocycles. The third-order valence-corrected chi connectivity index (χ3v) is 5.31. The van der Waals surface area contributed by atoms with Crippen LogP contribution in [0, 0.1) is 5.41 Å². The summed E-state index contributed by atoms with van der Waals surface area (Å²) >= 11 is 0. The van der Waals surface area contributed by atoms with Crippen LogP contribution in [0.3, 0.4) is 0 Å². The summed E-state index contributed by atoms with van der Waals surface area (Å²) < 4.78 is 5.42. The van der Waals surface area contributed by atoms with Crippen LogP contribution < -0.4 is 5.32 Å². The van der Waals surface area contributed by atoms with E-state index in [1.54, 1.807) is 6.20 Å². The van der Waals surface area contributed by atoms with Crippen molar-refractivity contribution in [3.05, 3.63) is 41.7 Å². The van der Waals surface area contributed by atoms with Gasteiger partial charge < -0.3 is 14.8 Å². The van der Waals surface area contributed by atoms with Gasteiger partial charge in [-0.3, -0.25) is 4.79 Å². The van der Waals surface area contributed by atoms with Gasteiger partial charge in [0, 0.05) is 33.6 Å². The van der Waals surface area contributed by atoms with Crippen molar-refractivity contribution in [2.24, 2.45) is 5.41 Å². The minimum Gasteiger partial charge on any atom is -0.357 e. The van der Waals surface area contributed by atoms with Crippen LogP contribution in [0.25, 0.3) is 22.2 Å². The molecule has 5 heteroatoms. The number of carbonyl (C=O) groups excluding carboxylic acids is 1. The Morgan fingerprint density at radius 3 is 2.54 bits per heavy atom. The van der Waals surface area contributed by atoms with Crippen LogP contribution in [0.5, 0.6) is 0 Å². The molecule has 2 N–H and O–H groups in total. The monoisotopic (exact) mass is 381 g/mol. The number of aromatic amines is 1. The highest BCUT2D eigenvalue weighted by atomic mass is 16.5. The minimum atomic E-state index is -0.148. The third kappa shape index (κ3) is 3.98. The van der Waals surface area contributed by atoms with Crippen LogP contribution in [0.2, 0.25) is 0 Å². The topological polar surface area (TPSA) is 70.9 Å². The summed E-state index contributed by atoms with van der Waals surface area (Å²) in [7, 11) is 0. The fourth-order valence-corrected chi connectivity index (χ4v) is 3.32. The van der Waals surface area contributed by atoms with Crippen molar-refractivity contribution in [1.29, 1.82) is 0 Å². The summed E-state index contributed by atoms with van der Waals surface area (Å²) in [5, 5.41) is 8.01. The first-order chi connectivity index (χ1) is 13.3. The summed E-state index contributed by atoms with van der Waals surface area (Å²) in [6.07, 6.45) is 3.64. The average Bonchev–Trinajstić information content (AvgIpc) is 3.08. The molecule has 1 fully saturated rings. The third-order valence-electron chi connectivity index (χ3n) is 5.31. The lowest BCUT2D eigenvalue weighted by Crippen LogP contribution is -2.29. The largest absolute Gasteiger partial charge is 0.357 e. The minimum absolute atomic E-state index is 0.0314. The van der Waals surface area contributed by atoms with Crippen LogP contribution in [0.1, 0.15) is 65.6 Å². The highest BCUT2D eigenvalue weighted by molar-refractivity contribution is 5.88. The summed E-state index contributed by atoms with van der Waals surface area (Å²) in [5.74, 6) is 0.920. The van der Waals surface area contributed by atoms with Crippen LogP contribution >= 0.6 is 0 Å². The lowest BCUT2D eigenvalue weighted by Gasteiger charge is -2.22. The number of nitrogens with one attached hydrogen (secondary N) is 2. The lowest BCUT2D eigenvalue weighted by atomic mass is 9.82. The quantitative estimate of drug-likeness (QED) is 0.621. The Bertz CT molecular complexity index is 958. The van der Waals surface area contributed by atoms with Crippen molar-refractivity contribution in [2.75, 3.05) is 0 Å². The standard InChI is InChI=1S/C21H25N3O2.C2H6/c1-20(2,3)16-11-17-13(10-15(16)18-5-8-23-26-18)9-14(24-17)12-22-19(25)21(4)6-7-21;1-2/h5,8-11,24H,6-7,12H2,1-4H3,(H,22,25);1-2H3. The van der Waals surface area contributed by atoms with E-state index >= 15 is 0 Å². The maximum atomic E-state index is 12.2. The number of H-pyrrole nitrogens is 1. The van der Waals surface area contributed by atoms with Gasteiger partial charge in [0.25, 0.3) is 0 Å². The molecule has 0 radical (unpaired) electrons. The lowest BCUT2D eigenvalue weighted by molar-refractivity contribution is -0.125. The molecule has 0 atom stereocenters. The Labute approximate surface area is 166 Å². The second kappa shape index (κ2) is 7.46. The van der Waals surface area contributed by atoms with Crippen LogP contribution in [-0.2, 0) is 16.8 Å². The van der Waals surface area contributed by atoms with Crippen LogP contribution in [0.15, 0.2) is 35.0 Å². The first kappa shape index (κ1) is 20.2. The molecule has 3 aromatic rings. The smallest absolute Gasteiger partial charge is 0.226 e. The maximum Gasteiger partial charge on any atom is 0.226 e. The van der Waals surface area contributed by atoms with Gasteiger partial charge in [-0.25, -0.2) is 0 Å². The molecule has 0 aliphatic heterocycles. The molecule has 1 saturated carbocycles. The zero-order valence-electron chi connectivity index (χ0n) is 17.8. The first-order valence-electron chi connectivity index (χ1n) is 10.1. The van der Waals surface area contributed by atoms with Gasteiger partial charge >= 0.3 is 0 Å². The summed E-state index contributed by atoms with van der Waals surface area (Å²) in [4.78, 5) is 15.6. The number of amides is 1. The fraction of sp³-hybridized carbons (Fsp3) is 0.478. The fourth-order valence-electron chi connectivity index (χ4n) is 3.32. The predicted octanol–water partition coefficient (Wildman–Crippen LogP) is 5.56. The Morgan fingerprint density at radius 1 is 1.25 bits per heavy atom. The van der Waals surface area contributed by atoms with Crippen LogP contribution in [0.4, 0.5) is 0 Å². The van der Waals surface area contributed by atoms with Gasteiger partial charge in [0.15, 0.2) is 5.76 Å². The zero-order valence-corrected chi connectivity index (χ0v) is 17.8. The van der Waals surface area contributed by atoms with Crippen molar-refractivity contribution in [2.45, 2.75) is 66.3 Å². The van der Waals surface area contributed by atoms with E-state index in [2.05, 4.69) is 54.4 Å². The highest BCUT2D eigenvalue weighted by Crippen LogP contribution is 2.45. The Balaban J connectivity index is 0.00000109. The maximum absolute atomic E-state index is 12.2. The second-order valence-electron chi connectivity index (χ2n) is 8.65. The Morgan fingerprint density at radius 2 is 1.96 bits per heavy atom. The van der Waals surface area contributed by atoms with E-state index < -0.39 is 0 Å². The molecule has 5 nitrogen and oxygen atoms in total. The number of hydrogen-bond donors (Lipinski definition) is 2. The zero-order chi connectivity index (χ0) is 20.5. The molecule has 0 unspecified atom stereocenters. The first-order valence-corrected chi connectivity index (χ1v) is 10.1.